The second kappa shape index (κ2) is 6.60. The predicted molar refractivity (Wildman–Crippen MR) is 74.9 cm³/mol. The average molecular weight is 274 g/mol. The molecule has 0 radical (unpaired) electrons. The Kier molecular flexibility index (Phi) is 5.36. The van der Waals surface area contributed by atoms with Gasteiger partial charge in [0, 0.05) is 30.1 Å². The molecule has 0 aromatic heterocycles. The molecule has 106 valence electrons. The van der Waals surface area contributed by atoms with Crippen LogP contribution in [-0.2, 0) is 9.47 Å². The molecule has 3 nitrogen and oxygen atoms in total. The van der Waals surface area contributed by atoms with Gasteiger partial charge in [-0.15, -0.1) is 0 Å². The molecule has 0 spiro atoms. The van der Waals surface area contributed by atoms with Crippen molar-refractivity contribution < 1.29 is 14.6 Å². The van der Waals surface area contributed by atoms with Gasteiger partial charge in [-0.3, -0.25) is 0 Å². The molecule has 2 aliphatic heterocycles. The molecule has 2 unspecified atom stereocenters. The molecule has 18 heavy (non-hydrogen) atoms. The molecular weight excluding hydrogens is 248 g/mol. The molecule has 0 aliphatic carbocycles. The van der Waals surface area contributed by atoms with Crippen molar-refractivity contribution in [2.45, 2.75) is 74.8 Å². The molecule has 2 fully saturated rings. The van der Waals surface area contributed by atoms with Crippen molar-refractivity contribution >= 4 is 11.8 Å². The quantitative estimate of drug-likeness (QED) is 0.756. The lowest BCUT2D eigenvalue weighted by Gasteiger charge is -2.44. The van der Waals surface area contributed by atoms with Gasteiger partial charge in [0.05, 0.1) is 5.60 Å². The third-order valence-corrected chi connectivity index (χ3v) is 5.48. The highest BCUT2D eigenvalue weighted by Crippen LogP contribution is 2.47. The maximum atomic E-state index is 10.8. The van der Waals surface area contributed by atoms with Crippen molar-refractivity contribution in [2.75, 3.05) is 13.2 Å². The lowest BCUT2D eigenvalue weighted by molar-refractivity contribution is -0.172. The van der Waals surface area contributed by atoms with Crippen LogP contribution >= 0.6 is 11.8 Å². The van der Waals surface area contributed by atoms with Crippen LogP contribution in [0.15, 0.2) is 0 Å². The lowest BCUT2D eigenvalue weighted by atomic mass is 9.83. The first-order valence-corrected chi connectivity index (χ1v) is 8.20. The van der Waals surface area contributed by atoms with Crippen LogP contribution in [0.3, 0.4) is 0 Å². The van der Waals surface area contributed by atoms with E-state index < -0.39 is 5.60 Å². The molecule has 2 rings (SSSR count). The highest BCUT2D eigenvalue weighted by molar-refractivity contribution is 8.00. The van der Waals surface area contributed by atoms with E-state index in [1.807, 2.05) is 13.8 Å². The highest BCUT2D eigenvalue weighted by atomic mass is 32.2. The molecular formula is C14H26O3S. The van der Waals surface area contributed by atoms with Gasteiger partial charge in [-0.05, 0) is 39.5 Å². The van der Waals surface area contributed by atoms with Crippen molar-refractivity contribution in [3.05, 3.63) is 0 Å². The van der Waals surface area contributed by atoms with Crippen LogP contribution in [0.25, 0.3) is 0 Å². The summed E-state index contributed by atoms with van der Waals surface area (Å²) >= 11 is 2.09. The monoisotopic (exact) mass is 274 g/mol. The molecule has 0 amide bonds. The summed E-state index contributed by atoms with van der Waals surface area (Å²) in [6.07, 6.45) is 6.06. The smallest absolute Gasteiger partial charge is 0.160 e. The van der Waals surface area contributed by atoms with Crippen LogP contribution < -0.4 is 0 Å². The normalized spacial score (nSPS) is 36.0. The first kappa shape index (κ1) is 14.6. The Balaban J connectivity index is 1.92. The van der Waals surface area contributed by atoms with Crippen molar-refractivity contribution in [1.82, 2.24) is 0 Å². The van der Waals surface area contributed by atoms with E-state index in [9.17, 15) is 5.11 Å². The number of hydrogen-bond acceptors (Lipinski definition) is 4. The fourth-order valence-corrected chi connectivity index (χ4v) is 5.19. The minimum atomic E-state index is -0.573. The number of rotatable bonds is 6. The molecule has 2 bridgehead atoms. The average Bonchev–Trinajstić information content (AvgIpc) is 2.28. The van der Waals surface area contributed by atoms with Gasteiger partial charge in [0.25, 0.3) is 0 Å². The molecule has 2 aliphatic rings. The fraction of sp³-hybridized carbons (Fsp3) is 1.00. The summed E-state index contributed by atoms with van der Waals surface area (Å²) in [7, 11) is 0. The van der Waals surface area contributed by atoms with E-state index >= 15 is 0 Å². The zero-order chi connectivity index (χ0) is 13.0. The minimum Gasteiger partial charge on any atom is -0.390 e. The first-order chi connectivity index (χ1) is 8.65. The summed E-state index contributed by atoms with van der Waals surface area (Å²) in [6, 6.07) is 0. The zero-order valence-corrected chi connectivity index (χ0v) is 12.4. The van der Waals surface area contributed by atoms with Crippen LogP contribution in [0.2, 0.25) is 0 Å². The molecule has 4 heteroatoms. The Morgan fingerprint density at radius 2 is 1.72 bits per heavy atom. The summed E-state index contributed by atoms with van der Waals surface area (Å²) in [4.78, 5) is 0. The van der Waals surface area contributed by atoms with Crippen LogP contribution in [0, 0.1) is 0 Å². The van der Waals surface area contributed by atoms with Gasteiger partial charge >= 0.3 is 0 Å². The molecule has 2 saturated heterocycles. The number of ether oxygens (including phenoxy) is 2. The van der Waals surface area contributed by atoms with Gasteiger partial charge < -0.3 is 14.6 Å². The molecule has 0 aromatic rings. The maximum absolute atomic E-state index is 10.8. The van der Waals surface area contributed by atoms with E-state index in [4.69, 9.17) is 9.47 Å². The summed E-state index contributed by atoms with van der Waals surface area (Å²) in [5.74, 6) is 0. The van der Waals surface area contributed by atoms with Crippen LogP contribution in [0.5, 0.6) is 0 Å². The van der Waals surface area contributed by atoms with Gasteiger partial charge in [0.1, 0.15) is 0 Å². The molecule has 2 heterocycles. The summed E-state index contributed by atoms with van der Waals surface area (Å²) < 4.78 is 11.2. The summed E-state index contributed by atoms with van der Waals surface area (Å²) in [5.41, 5.74) is -0.573. The SMILES string of the molecule is CCOC(CC1(O)CC2CCCC(C1)S2)OCC. The maximum Gasteiger partial charge on any atom is 0.160 e. The van der Waals surface area contributed by atoms with E-state index in [0.717, 1.165) is 12.8 Å². The van der Waals surface area contributed by atoms with Crippen LogP contribution in [0.1, 0.15) is 52.4 Å². The Labute approximate surface area is 115 Å². The lowest BCUT2D eigenvalue weighted by Crippen LogP contribution is -2.45. The van der Waals surface area contributed by atoms with E-state index in [2.05, 4.69) is 11.8 Å². The topological polar surface area (TPSA) is 38.7 Å². The number of thioether (sulfide) groups is 1. The Hall–Kier alpha value is 0.230. The number of aliphatic hydroxyl groups is 1. The highest BCUT2D eigenvalue weighted by Gasteiger charge is 2.42. The van der Waals surface area contributed by atoms with E-state index in [1.54, 1.807) is 0 Å². The van der Waals surface area contributed by atoms with E-state index in [1.165, 1.54) is 19.3 Å². The third-order valence-electron chi connectivity index (χ3n) is 3.90. The van der Waals surface area contributed by atoms with Crippen molar-refractivity contribution in [3.8, 4) is 0 Å². The number of hydrogen-bond donors (Lipinski definition) is 1. The third kappa shape index (κ3) is 3.86. The van der Waals surface area contributed by atoms with Gasteiger partial charge in [-0.2, -0.15) is 11.8 Å². The summed E-state index contributed by atoms with van der Waals surface area (Å²) in [6.45, 7) is 5.23. The second-order valence-electron chi connectivity index (χ2n) is 5.49. The molecule has 2 atom stereocenters. The molecule has 0 saturated carbocycles. The minimum absolute atomic E-state index is 0.242. The van der Waals surface area contributed by atoms with E-state index in [0.29, 0.717) is 30.1 Å². The Bertz CT molecular complexity index is 241. The van der Waals surface area contributed by atoms with Gasteiger partial charge in [0.2, 0.25) is 0 Å². The largest absolute Gasteiger partial charge is 0.390 e. The van der Waals surface area contributed by atoms with Gasteiger partial charge in [-0.1, -0.05) is 6.42 Å². The van der Waals surface area contributed by atoms with Crippen molar-refractivity contribution in [2.24, 2.45) is 0 Å². The molecule has 0 aromatic carbocycles. The summed E-state index contributed by atoms with van der Waals surface area (Å²) in [5, 5.41) is 12.1. The zero-order valence-electron chi connectivity index (χ0n) is 11.6. The van der Waals surface area contributed by atoms with Crippen molar-refractivity contribution in [3.63, 3.8) is 0 Å². The molecule has 1 N–H and O–H groups in total. The van der Waals surface area contributed by atoms with Gasteiger partial charge in [-0.25, -0.2) is 0 Å². The first-order valence-electron chi connectivity index (χ1n) is 7.26. The van der Waals surface area contributed by atoms with Crippen LogP contribution in [0.4, 0.5) is 0 Å². The van der Waals surface area contributed by atoms with Crippen LogP contribution in [-0.4, -0.2) is 40.7 Å². The fourth-order valence-electron chi connectivity index (χ4n) is 3.23. The Morgan fingerprint density at radius 1 is 1.17 bits per heavy atom. The standard InChI is InChI=1S/C14H26O3S/c1-3-16-13(17-4-2)10-14(15)8-11-6-5-7-12(9-14)18-11/h11-13,15H,3-10H2,1-2H3. The Morgan fingerprint density at radius 3 is 2.22 bits per heavy atom. The predicted octanol–water partition coefficient (Wildman–Crippen LogP) is 2.95. The van der Waals surface area contributed by atoms with Crippen molar-refractivity contribution in [1.29, 1.82) is 0 Å². The second-order valence-corrected chi connectivity index (χ2v) is 7.09. The van der Waals surface area contributed by atoms with Gasteiger partial charge in [0.15, 0.2) is 6.29 Å². The van der Waals surface area contributed by atoms with E-state index in [-0.39, 0.29) is 6.29 Å². The number of fused-ring (bicyclic) bond motifs is 2.